The Labute approximate surface area is 367 Å². The molecule has 0 aromatic heterocycles. The number of nitrogens with zero attached hydrogens (tertiary/aromatic N) is 3. The summed E-state index contributed by atoms with van der Waals surface area (Å²) in [5.74, 6) is 0. The monoisotopic (exact) mass is 799 g/mol. The molecule has 3 heterocycles. The maximum atomic E-state index is 5.75. The molecule has 4 aromatic carbocycles. The highest BCUT2D eigenvalue weighted by Crippen LogP contribution is 2.33. The number of hydrogen-bond acceptors (Lipinski definition) is 3. The molecule has 0 saturated heterocycles. The third kappa shape index (κ3) is 15.2. The van der Waals surface area contributed by atoms with Crippen LogP contribution in [0.3, 0.4) is 0 Å². The van der Waals surface area contributed by atoms with Crippen LogP contribution in [0.5, 0.6) is 0 Å². The lowest BCUT2D eigenvalue weighted by atomic mass is 9.82. The van der Waals surface area contributed by atoms with Crippen molar-refractivity contribution in [1.82, 2.24) is 9.80 Å². The predicted molar refractivity (Wildman–Crippen MR) is 264 cm³/mol. The van der Waals surface area contributed by atoms with E-state index < -0.39 is 0 Å². The molecule has 59 heavy (non-hydrogen) atoms. The van der Waals surface area contributed by atoms with E-state index >= 15 is 0 Å². The van der Waals surface area contributed by atoms with Gasteiger partial charge in [-0.2, -0.15) is 0 Å². The van der Waals surface area contributed by atoms with Crippen molar-refractivity contribution in [2.45, 2.75) is 165 Å². The van der Waals surface area contributed by atoms with Crippen molar-refractivity contribution in [3.63, 3.8) is 0 Å². The number of aliphatic imine (C=N–C) groups is 1. The first kappa shape index (κ1) is 49.9. The van der Waals surface area contributed by atoms with Gasteiger partial charge in [0.1, 0.15) is 0 Å². The van der Waals surface area contributed by atoms with E-state index in [1.54, 1.807) is 11.1 Å². The second kappa shape index (κ2) is 21.9. The first-order valence-electron chi connectivity index (χ1n) is 22.9. The Bertz CT molecular complexity index is 1920. The second-order valence-electron chi connectivity index (χ2n) is 20.7. The second-order valence-corrected chi connectivity index (χ2v) is 20.7. The molecule has 0 N–H and O–H groups in total. The Hall–Kier alpha value is -3.47. The molecule has 3 aliphatic heterocycles. The van der Waals surface area contributed by atoms with E-state index in [-0.39, 0.29) is 16.2 Å². The van der Waals surface area contributed by atoms with Gasteiger partial charge in [-0.3, -0.25) is 9.89 Å². The molecule has 1 unspecified atom stereocenters. The molecular weight excluding hydrogens is 713 g/mol. The van der Waals surface area contributed by atoms with Crippen LogP contribution in [-0.2, 0) is 47.5 Å². The lowest BCUT2D eigenvalue weighted by Crippen LogP contribution is -2.30. The number of rotatable bonds is 0. The Balaban J connectivity index is 0.000000271. The molecule has 4 heteroatoms. The van der Waals surface area contributed by atoms with Gasteiger partial charge in [-0.25, -0.2) is 0 Å². The lowest BCUT2D eigenvalue weighted by Gasteiger charge is -2.33. The van der Waals surface area contributed by atoms with E-state index in [1.165, 1.54) is 90.4 Å². The van der Waals surface area contributed by atoms with Crippen molar-refractivity contribution in [3.8, 4) is 0 Å². The Kier molecular flexibility index (Phi) is 18.5. The van der Waals surface area contributed by atoms with E-state index in [0.29, 0.717) is 11.5 Å². The van der Waals surface area contributed by atoms with E-state index in [1.807, 2.05) is 0 Å². The first-order valence-corrected chi connectivity index (χ1v) is 21.9. The van der Waals surface area contributed by atoms with E-state index in [4.69, 9.17) is 1.37 Å². The number of hydrogen-bond donors (Lipinski definition) is 0. The largest absolute Gasteiger partial charge is 0.302 e. The summed E-state index contributed by atoms with van der Waals surface area (Å²) in [7, 11) is 10.2. The van der Waals surface area contributed by atoms with Crippen LogP contribution in [0, 0.1) is 0 Å². The molecule has 0 aliphatic carbocycles. The fourth-order valence-corrected chi connectivity index (χ4v) is 7.53. The molecule has 0 bridgehead atoms. The molecule has 0 amide bonds. The zero-order valence-corrected chi connectivity index (χ0v) is 41.0. The van der Waals surface area contributed by atoms with Gasteiger partial charge < -0.3 is 4.90 Å². The smallest absolute Gasteiger partial charge is 0.0606 e. The molecule has 1 atom stereocenters. The van der Waals surface area contributed by atoms with Crippen molar-refractivity contribution in [2.75, 3.05) is 33.7 Å². The summed E-state index contributed by atoms with van der Waals surface area (Å²) in [6, 6.07) is 32.0. The van der Waals surface area contributed by atoms with Crippen LogP contribution < -0.4 is 0 Å². The van der Waals surface area contributed by atoms with Gasteiger partial charge in [-0.1, -0.05) is 176 Å². The highest BCUT2D eigenvalue weighted by molar-refractivity contribution is 6.05. The molecule has 3 nitrogen and oxygen atoms in total. The van der Waals surface area contributed by atoms with Gasteiger partial charge in [-0.05, 0) is 131 Å². The Morgan fingerprint density at radius 3 is 1.58 bits per heavy atom. The summed E-state index contributed by atoms with van der Waals surface area (Å²) < 4.78 is 5.75. The molecule has 7 rings (SSSR count). The molecule has 4 aromatic rings. The van der Waals surface area contributed by atoms with E-state index in [2.05, 4.69) is 219 Å². The topological polar surface area (TPSA) is 18.8 Å². The van der Waals surface area contributed by atoms with Crippen LogP contribution in [0.2, 0.25) is 6.82 Å². The molecule has 322 valence electrons. The van der Waals surface area contributed by atoms with Crippen molar-refractivity contribution < 1.29 is 1.37 Å². The first-order chi connectivity index (χ1) is 27.9. The molecule has 0 saturated carbocycles. The fourth-order valence-electron chi connectivity index (χ4n) is 7.53. The SMILES string of the molecule is CC(C)(C)c1ccccc1.CC1=NCCc2ccc(C(C)(C)C)cc21.CC1c2cc(C(C)(C)C)ccc2CCN1C.CN1CCc2cc(C(C)(C)C)ccc2C1.[2H]C.[B]C. The highest BCUT2D eigenvalue weighted by atomic mass is 15.1. The molecule has 3 aliphatic rings. The lowest BCUT2D eigenvalue weighted by molar-refractivity contribution is 0.247. The van der Waals surface area contributed by atoms with E-state index in [9.17, 15) is 0 Å². The zero-order chi connectivity index (χ0) is 45.6. The summed E-state index contributed by atoms with van der Waals surface area (Å²) >= 11 is 0. The molecular formula is C55H84BN3. The number of fused-ring (bicyclic) bond motifs is 3. The normalized spacial score (nSPS) is 16.6. The standard InChI is InChI=1S/C15H23N.C14H21N.C14H19N.C10H14.CH3B.CH4/c1-11-14-10-13(15(2,3)4)7-6-12(14)8-9-16(11)5;1-14(2,3)13-6-5-12-10-15(4)8-7-11(12)9-13;1-10-13-9-12(14(2,3)4)6-5-11(13)7-8-15-10;1-10(2,3)9-7-5-4-6-8-9;1-2;/h6-7,10-11H,8-9H2,1-5H3;5-6,9H,7-8,10H2,1-4H3;5-6,9H,7-8H2,1-4H3;4-8H,1-3H3;1H3;1H4/i;;;;;1D. The Morgan fingerprint density at radius 1 is 0.576 bits per heavy atom. The van der Waals surface area contributed by atoms with Gasteiger partial charge in [0.15, 0.2) is 0 Å². The Morgan fingerprint density at radius 2 is 1.05 bits per heavy atom. The maximum absolute atomic E-state index is 5.75. The zero-order valence-electron chi connectivity index (χ0n) is 42.0. The van der Waals surface area contributed by atoms with Gasteiger partial charge in [0.2, 0.25) is 0 Å². The van der Waals surface area contributed by atoms with Crippen LogP contribution in [0.25, 0.3) is 0 Å². The van der Waals surface area contributed by atoms with Crippen LogP contribution in [0.4, 0.5) is 0 Å². The van der Waals surface area contributed by atoms with Gasteiger partial charge in [0.05, 0.1) is 7.85 Å². The van der Waals surface area contributed by atoms with Gasteiger partial charge >= 0.3 is 0 Å². The van der Waals surface area contributed by atoms with Gasteiger partial charge in [-0.15, -0.1) is 0 Å². The average molecular weight is 799 g/mol. The van der Waals surface area contributed by atoms with Crippen molar-refractivity contribution in [2.24, 2.45) is 4.99 Å². The van der Waals surface area contributed by atoms with Crippen LogP contribution in [0.15, 0.2) is 89.9 Å². The third-order valence-electron chi connectivity index (χ3n) is 11.9. The minimum atomic E-state index is 0.229. The predicted octanol–water partition coefficient (Wildman–Crippen LogP) is 13.7. The minimum Gasteiger partial charge on any atom is -0.302 e. The van der Waals surface area contributed by atoms with Gasteiger partial charge in [0, 0.05) is 39.3 Å². The average Bonchev–Trinajstić information content (AvgIpc) is 3.20. The summed E-state index contributed by atoms with van der Waals surface area (Å²) in [4.78, 5) is 9.34. The van der Waals surface area contributed by atoms with Crippen LogP contribution in [-0.4, -0.2) is 57.1 Å². The fraction of sp³-hybridized carbons (Fsp3) is 0.545. The van der Waals surface area contributed by atoms with Crippen molar-refractivity contribution >= 4 is 13.6 Å². The quantitative estimate of drug-likeness (QED) is 0.165. The van der Waals surface area contributed by atoms with E-state index in [0.717, 1.165) is 19.5 Å². The maximum Gasteiger partial charge on any atom is 0.0606 e. The van der Waals surface area contributed by atoms with Crippen LogP contribution in [0.1, 0.15) is 167 Å². The summed E-state index contributed by atoms with van der Waals surface area (Å²) in [6.07, 6.45) is 3.49. The summed E-state index contributed by atoms with van der Waals surface area (Å²) in [5.41, 5.74) is 16.9. The highest BCUT2D eigenvalue weighted by Gasteiger charge is 2.24. The van der Waals surface area contributed by atoms with Gasteiger partial charge in [0.25, 0.3) is 0 Å². The molecule has 2 radical (unpaired) electrons. The van der Waals surface area contributed by atoms with Crippen molar-refractivity contribution in [1.29, 1.82) is 0 Å². The number of benzene rings is 4. The molecule has 0 fully saturated rings. The van der Waals surface area contributed by atoms with Crippen LogP contribution >= 0.6 is 0 Å². The summed E-state index contributed by atoms with van der Waals surface area (Å²) in [5, 5.41) is 0. The van der Waals surface area contributed by atoms with Crippen molar-refractivity contribution in [3.05, 3.63) is 141 Å². The number of likely N-dealkylation sites (N-methyl/N-ethyl adjacent to an activating group) is 2. The third-order valence-corrected chi connectivity index (χ3v) is 11.9. The molecule has 0 spiro atoms. The summed E-state index contributed by atoms with van der Waals surface area (Å²) in [6.45, 7) is 37.5. The minimum absolute atomic E-state index is 0.229.